The Bertz CT molecular complexity index is 429. The van der Waals surface area contributed by atoms with Crippen LogP contribution in [-0.4, -0.2) is 21.9 Å². The summed E-state index contributed by atoms with van der Waals surface area (Å²) in [7, 11) is 0. The lowest BCUT2D eigenvalue weighted by Gasteiger charge is -2.08. The fourth-order valence-electron chi connectivity index (χ4n) is 2.64. The molecule has 0 radical (unpaired) electrons. The van der Waals surface area contributed by atoms with E-state index in [1.54, 1.807) is 6.07 Å². The number of hydrogen-bond acceptors (Lipinski definition) is 4. The molecule has 1 aromatic carbocycles. The van der Waals surface area contributed by atoms with Crippen molar-refractivity contribution in [2.45, 2.75) is 19.8 Å². The van der Waals surface area contributed by atoms with Crippen LogP contribution >= 0.6 is 0 Å². The Morgan fingerprint density at radius 1 is 1.19 bits per heavy atom. The minimum atomic E-state index is -0.448. The first-order chi connectivity index (χ1) is 7.41. The van der Waals surface area contributed by atoms with Crippen LogP contribution in [0.3, 0.4) is 0 Å². The van der Waals surface area contributed by atoms with Crippen LogP contribution < -0.4 is 5.73 Å². The van der Waals surface area contributed by atoms with Gasteiger partial charge in [0, 0.05) is 5.56 Å². The van der Waals surface area contributed by atoms with E-state index in [4.69, 9.17) is 5.73 Å². The molecule has 0 aromatic heterocycles. The average Bonchev–Trinajstić information content (AvgIpc) is 2.77. The highest BCUT2D eigenvalue weighted by Crippen LogP contribution is 2.66. The summed E-state index contributed by atoms with van der Waals surface area (Å²) in [5.74, 6) is -0.527. The van der Waals surface area contributed by atoms with Gasteiger partial charge < -0.3 is 21.1 Å². The second-order valence-corrected chi connectivity index (χ2v) is 5.01. The Morgan fingerprint density at radius 2 is 1.81 bits per heavy atom. The minimum Gasteiger partial charge on any atom is -0.504 e. The summed E-state index contributed by atoms with van der Waals surface area (Å²) in [5, 5.41) is 28.5. The standard InChI is InChI=1S/C12H17NO3/c1-12(2)7(5-13)9(12)6-3-4-8(14)11(16)10(6)15/h3-4,7,9,14-16H,5,13H2,1-2H3. The van der Waals surface area contributed by atoms with Gasteiger partial charge in [-0.25, -0.2) is 0 Å². The highest BCUT2D eigenvalue weighted by Gasteiger charge is 2.58. The second kappa shape index (κ2) is 3.28. The van der Waals surface area contributed by atoms with Crippen LogP contribution in [0.1, 0.15) is 25.3 Å². The molecular formula is C12H17NO3. The van der Waals surface area contributed by atoms with Gasteiger partial charge in [0.15, 0.2) is 11.5 Å². The topological polar surface area (TPSA) is 86.7 Å². The number of rotatable bonds is 2. The summed E-state index contributed by atoms with van der Waals surface area (Å²) in [6.07, 6.45) is 0. The molecule has 2 rings (SSSR count). The molecule has 0 bridgehead atoms. The average molecular weight is 223 g/mol. The van der Waals surface area contributed by atoms with Gasteiger partial charge >= 0.3 is 0 Å². The summed E-state index contributed by atoms with van der Waals surface area (Å²) in [6.45, 7) is 4.72. The van der Waals surface area contributed by atoms with Crippen molar-refractivity contribution < 1.29 is 15.3 Å². The Labute approximate surface area is 94.3 Å². The van der Waals surface area contributed by atoms with Crippen LogP contribution in [0.5, 0.6) is 17.2 Å². The molecular weight excluding hydrogens is 206 g/mol. The molecule has 1 fully saturated rings. The quantitative estimate of drug-likeness (QED) is 0.572. The Morgan fingerprint density at radius 3 is 2.31 bits per heavy atom. The first-order valence-electron chi connectivity index (χ1n) is 5.35. The third-order valence-electron chi connectivity index (χ3n) is 3.80. The van der Waals surface area contributed by atoms with E-state index in [0.717, 1.165) is 0 Å². The van der Waals surface area contributed by atoms with Crippen LogP contribution in [-0.2, 0) is 0 Å². The Hall–Kier alpha value is -1.42. The van der Waals surface area contributed by atoms with E-state index in [0.29, 0.717) is 18.0 Å². The lowest BCUT2D eigenvalue weighted by Crippen LogP contribution is -2.05. The first kappa shape index (κ1) is 11.1. The van der Waals surface area contributed by atoms with Gasteiger partial charge in [0.25, 0.3) is 0 Å². The van der Waals surface area contributed by atoms with Gasteiger partial charge in [-0.05, 0) is 29.9 Å². The van der Waals surface area contributed by atoms with E-state index in [1.807, 2.05) is 0 Å². The predicted octanol–water partition coefficient (Wildman–Crippen LogP) is 1.50. The van der Waals surface area contributed by atoms with E-state index in [1.165, 1.54) is 6.07 Å². The van der Waals surface area contributed by atoms with Crippen LogP contribution in [0.4, 0.5) is 0 Å². The molecule has 2 atom stereocenters. The fraction of sp³-hybridized carbons (Fsp3) is 0.500. The Kier molecular flexibility index (Phi) is 2.27. The highest BCUT2D eigenvalue weighted by atomic mass is 16.3. The van der Waals surface area contributed by atoms with E-state index < -0.39 is 5.75 Å². The van der Waals surface area contributed by atoms with Crippen molar-refractivity contribution in [3.63, 3.8) is 0 Å². The zero-order chi connectivity index (χ0) is 12.1. The number of aromatic hydroxyl groups is 3. The van der Waals surface area contributed by atoms with Gasteiger partial charge in [0.05, 0.1) is 0 Å². The molecule has 2 unspecified atom stereocenters. The van der Waals surface area contributed by atoms with Crippen LogP contribution in [0, 0.1) is 11.3 Å². The molecule has 0 heterocycles. The number of hydrogen-bond donors (Lipinski definition) is 4. The molecule has 4 heteroatoms. The maximum absolute atomic E-state index is 9.78. The second-order valence-electron chi connectivity index (χ2n) is 5.01. The molecule has 5 N–H and O–H groups in total. The molecule has 1 aliphatic carbocycles. The van der Waals surface area contributed by atoms with Crippen molar-refractivity contribution in [3.05, 3.63) is 17.7 Å². The summed E-state index contributed by atoms with van der Waals surface area (Å²) >= 11 is 0. The lowest BCUT2D eigenvalue weighted by atomic mass is 10.0. The summed E-state index contributed by atoms with van der Waals surface area (Å²) in [4.78, 5) is 0. The minimum absolute atomic E-state index is 0.0373. The predicted molar refractivity (Wildman–Crippen MR) is 60.5 cm³/mol. The van der Waals surface area contributed by atoms with Gasteiger partial charge in [-0.15, -0.1) is 0 Å². The number of benzene rings is 1. The van der Waals surface area contributed by atoms with Gasteiger partial charge in [-0.1, -0.05) is 19.9 Å². The normalized spacial score (nSPS) is 26.7. The SMILES string of the molecule is CC1(C)C(CN)C1c1ccc(O)c(O)c1O. The molecule has 1 aromatic rings. The molecule has 0 amide bonds. The lowest BCUT2D eigenvalue weighted by molar-refractivity contribution is 0.364. The Balaban J connectivity index is 2.41. The van der Waals surface area contributed by atoms with Crippen molar-refractivity contribution in [3.8, 4) is 17.2 Å². The zero-order valence-corrected chi connectivity index (χ0v) is 9.44. The van der Waals surface area contributed by atoms with Gasteiger partial charge in [0.1, 0.15) is 0 Å². The molecule has 0 spiro atoms. The molecule has 88 valence electrons. The van der Waals surface area contributed by atoms with Crippen molar-refractivity contribution in [1.82, 2.24) is 0 Å². The van der Waals surface area contributed by atoms with Crippen molar-refractivity contribution in [1.29, 1.82) is 0 Å². The fourth-order valence-corrected chi connectivity index (χ4v) is 2.64. The van der Waals surface area contributed by atoms with Crippen LogP contribution in [0.2, 0.25) is 0 Å². The van der Waals surface area contributed by atoms with Gasteiger partial charge in [0.2, 0.25) is 5.75 Å². The highest BCUT2D eigenvalue weighted by molar-refractivity contribution is 5.56. The number of phenolic OH excluding ortho intramolecular Hbond substituents is 3. The molecule has 0 aliphatic heterocycles. The zero-order valence-electron chi connectivity index (χ0n) is 9.44. The first-order valence-corrected chi connectivity index (χ1v) is 5.35. The van der Waals surface area contributed by atoms with E-state index in [9.17, 15) is 15.3 Å². The van der Waals surface area contributed by atoms with Gasteiger partial charge in [-0.2, -0.15) is 0 Å². The largest absolute Gasteiger partial charge is 0.504 e. The van der Waals surface area contributed by atoms with E-state index >= 15 is 0 Å². The van der Waals surface area contributed by atoms with Crippen LogP contribution in [0.25, 0.3) is 0 Å². The monoisotopic (exact) mass is 223 g/mol. The van der Waals surface area contributed by atoms with Crippen molar-refractivity contribution >= 4 is 0 Å². The maximum atomic E-state index is 9.78. The third kappa shape index (κ3) is 1.33. The van der Waals surface area contributed by atoms with Crippen LogP contribution in [0.15, 0.2) is 12.1 Å². The molecule has 0 saturated heterocycles. The smallest absolute Gasteiger partial charge is 0.200 e. The molecule has 1 aliphatic rings. The van der Waals surface area contributed by atoms with Gasteiger partial charge in [-0.3, -0.25) is 0 Å². The number of nitrogens with two attached hydrogens (primary N) is 1. The molecule has 4 nitrogen and oxygen atoms in total. The third-order valence-corrected chi connectivity index (χ3v) is 3.80. The number of phenols is 3. The van der Waals surface area contributed by atoms with Crippen molar-refractivity contribution in [2.24, 2.45) is 17.1 Å². The van der Waals surface area contributed by atoms with E-state index in [-0.39, 0.29) is 22.8 Å². The summed E-state index contributed by atoms with van der Waals surface area (Å²) in [5.41, 5.74) is 6.36. The molecule has 1 saturated carbocycles. The summed E-state index contributed by atoms with van der Waals surface area (Å²) < 4.78 is 0. The maximum Gasteiger partial charge on any atom is 0.200 e. The summed E-state index contributed by atoms with van der Waals surface area (Å²) in [6, 6.07) is 3.04. The molecule has 16 heavy (non-hydrogen) atoms. The van der Waals surface area contributed by atoms with E-state index in [2.05, 4.69) is 13.8 Å². The van der Waals surface area contributed by atoms with Crippen molar-refractivity contribution in [2.75, 3.05) is 6.54 Å².